The van der Waals surface area contributed by atoms with Crippen molar-refractivity contribution in [1.29, 1.82) is 0 Å². The number of allylic oxidation sites excluding steroid dienone is 4. The molecule has 14 heteroatoms. The van der Waals surface area contributed by atoms with Gasteiger partial charge in [0.1, 0.15) is 24.9 Å². The molecule has 1 aliphatic heterocycles. The van der Waals surface area contributed by atoms with Gasteiger partial charge in [-0.25, -0.2) is 0 Å². The van der Waals surface area contributed by atoms with E-state index in [0.717, 1.165) is 33.3 Å². The molecule has 3 saturated carbocycles. The van der Waals surface area contributed by atoms with Gasteiger partial charge in [0.05, 0.1) is 6.10 Å². The molecule has 0 amide bonds. The van der Waals surface area contributed by atoms with Crippen molar-refractivity contribution >= 4 is 35.4 Å². The number of rotatable bonds is 9. The van der Waals surface area contributed by atoms with E-state index in [1.54, 1.807) is 12.2 Å². The molecule has 1 saturated heterocycles. The Morgan fingerprint density at radius 3 is 2.18 bits per heavy atom. The van der Waals surface area contributed by atoms with Gasteiger partial charge in [-0.15, -0.1) is 0 Å². The molecule has 2 unspecified atom stereocenters. The molecule has 0 radical (unpaired) electrons. The van der Waals surface area contributed by atoms with Gasteiger partial charge >= 0.3 is 23.9 Å². The lowest BCUT2D eigenvalue weighted by Crippen LogP contribution is -2.64. The smallest absolute Gasteiger partial charge is 0.303 e. The number of carbonyl (C=O) groups is 6. The van der Waals surface area contributed by atoms with Crippen LogP contribution < -0.4 is 0 Å². The van der Waals surface area contributed by atoms with Crippen LogP contribution in [0.1, 0.15) is 73.6 Å². The van der Waals surface area contributed by atoms with Crippen molar-refractivity contribution in [3.8, 4) is 0 Å². The van der Waals surface area contributed by atoms with Crippen molar-refractivity contribution in [1.82, 2.24) is 0 Å². The highest BCUT2D eigenvalue weighted by Crippen LogP contribution is 2.67. The molecule has 5 aliphatic rings. The maximum absolute atomic E-state index is 14.1. The molecule has 1 heterocycles. The lowest BCUT2D eigenvalue weighted by atomic mass is 9.46. The van der Waals surface area contributed by atoms with Crippen LogP contribution in [-0.4, -0.2) is 101 Å². The Bertz CT molecular complexity index is 1450. The van der Waals surface area contributed by atoms with Gasteiger partial charge in [-0.2, -0.15) is 0 Å². The van der Waals surface area contributed by atoms with Gasteiger partial charge in [-0.3, -0.25) is 28.8 Å². The molecule has 4 aliphatic carbocycles. The summed E-state index contributed by atoms with van der Waals surface area (Å²) in [5.74, 6) is -4.17. The Labute approximate surface area is 284 Å². The van der Waals surface area contributed by atoms with Crippen LogP contribution in [0.3, 0.4) is 0 Å². The second-order valence-corrected chi connectivity index (χ2v) is 14.4. The van der Waals surface area contributed by atoms with Crippen LogP contribution in [0.15, 0.2) is 23.8 Å². The zero-order valence-corrected chi connectivity index (χ0v) is 28.7. The zero-order chi connectivity index (χ0) is 36.1. The number of esters is 4. The van der Waals surface area contributed by atoms with Gasteiger partial charge in [0.15, 0.2) is 36.2 Å². The molecule has 0 bridgehead atoms. The van der Waals surface area contributed by atoms with Gasteiger partial charge in [0, 0.05) is 44.4 Å². The number of aliphatic hydroxyl groups is 2. The summed E-state index contributed by atoms with van der Waals surface area (Å²) in [4.78, 5) is 74.2. The summed E-state index contributed by atoms with van der Waals surface area (Å²) < 4.78 is 33.2. The van der Waals surface area contributed by atoms with Gasteiger partial charge in [-0.05, 0) is 56.1 Å². The fourth-order valence-corrected chi connectivity index (χ4v) is 9.39. The number of ether oxygens (including phenoxy) is 6. The molecule has 0 aromatic heterocycles. The highest BCUT2D eigenvalue weighted by atomic mass is 16.7. The summed E-state index contributed by atoms with van der Waals surface area (Å²) >= 11 is 0. The minimum Gasteiger partial charge on any atom is -0.463 e. The summed E-state index contributed by atoms with van der Waals surface area (Å²) in [6.45, 7) is 7.12. The standard InChI is InChI=1S/C35H46O14/c1-17(36)44-15-26-29(46-18(2)37)30(47-19(3)38)31(48-20(4)39)32(49-26)45-16-27(42)35(43)12-10-24-23-8-7-21-13-22(40)9-11-33(21,5)28(23)25(41)14-34(24,35)6/h9,11,13,23-26,28-32,41,43H,7-8,10,12,14-16H2,1-6H3/t23-,24-,25?,26+,28+,29-,30-,31+,32?,33-,34-,35-/m0/s1. The average Bonchev–Trinajstić information content (AvgIpc) is 3.27. The van der Waals surface area contributed by atoms with E-state index in [-0.39, 0.29) is 36.4 Å². The molecule has 12 atom stereocenters. The number of carbonyl (C=O) groups excluding carboxylic acids is 6. The van der Waals surface area contributed by atoms with E-state index in [2.05, 4.69) is 0 Å². The highest BCUT2D eigenvalue weighted by molar-refractivity contribution is 6.01. The van der Waals surface area contributed by atoms with Gasteiger partial charge < -0.3 is 38.6 Å². The number of aliphatic hydroxyl groups excluding tert-OH is 1. The monoisotopic (exact) mass is 690 g/mol. The third-order valence-corrected chi connectivity index (χ3v) is 11.4. The summed E-state index contributed by atoms with van der Waals surface area (Å²) in [5.41, 5.74) is -2.43. The fourth-order valence-electron chi connectivity index (χ4n) is 9.39. The van der Waals surface area contributed by atoms with Gasteiger partial charge in [0.2, 0.25) is 0 Å². The van der Waals surface area contributed by atoms with E-state index in [1.165, 1.54) is 0 Å². The van der Waals surface area contributed by atoms with E-state index >= 15 is 0 Å². The minimum absolute atomic E-state index is 0.0174. The predicted molar refractivity (Wildman–Crippen MR) is 166 cm³/mol. The largest absolute Gasteiger partial charge is 0.463 e. The van der Waals surface area contributed by atoms with Crippen molar-refractivity contribution < 1.29 is 67.4 Å². The quantitative estimate of drug-likeness (QED) is 0.262. The Morgan fingerprint density at radius 2 is 1.55 bits per heavy atom. The summed E-state index contributed by atoms with van der Waals surface area (Å²) in [6, 6.07) is 0. The third-order valence-electron chi connectivity index (χ3n) is 11.4. The van der Waals surface area contributed by atoms with Crippen molar-refractivity contribution in [2.24, 2.45) is 28.6 Å². The minimum atomic E-state index is -1.89. The molecule has 5 rings (SSSR count). The van der Waals surface area contributed by atoms with E-state index in [4.69, 9.17) is 28.4 Å². The molecule has 0 spiro atoms. The first kappa shape index (κ1) is 36.8. The van der Waals surface area contributed by atoms with Crippen LogP contribution in [0.4, 0.5) is 0 Å². The Balaban J connectivity index is 1.38. The van der Waals surface area contributed by atoms with Crippen molar-refractivity contribution in [3.63, 3.8) is 0 Å². The number of Topliss-reactive ketones (excluding diaryl/α,β-unsaturated/α-hetero) is 1. The highest BCUT2D eigenvalue weighted by Gasteiger charge is 2.68. The molecule has 4 fully saturated rings. The van der Waals surface area contributed by atoms with Crippen molar-refractivity contribution in [2.75, 3.05) is 13.2 Å². The molecule has 2 N–H and O–H groups in total. The predicted octanol–water partition coefficient (Wildman–Crippen LogP) is 1.67. The van der Waals surface area contributed by atoms with E-state index in [9.17, 15) is 39.0 Å². The fraction of sp³-hybridized carbons (Fsp3) is 0.714. The number of hydrogen-bond donors (Lipinski definition) is 2. The molecular formula is C35H46O14. The van der Waals surface area contributed by atoms with E-state index < -0.39 is 96.1 Å². The zero-order valence-electron chi connectivity index (χ0n) is 28.7. The second-order valence-electron chi connectivity index (χ2n) is 14.4. The van der Waals surface area contributed by atoms with Crippen molar-refractivity contribution in [2.45, 2.75) is 116 Å². The van der Waals surface area contributed by atoms with Crippen LogP contribution in [0.2, 0.25) is 0 Å². The molecular weight excluding hydrogens is 644 g/mol. The van der Waals surface area contributed by atoms with Crippen LogP contribution >= 0.6 is 0 Å². The SMILES string of the molecule is CC(=O)OC[C@H]1OC(OCC(=O)[C@@]2(O)CC[C@H]3[C@@H]4CCC5=CC(=O)C=C[C@]5(C)[C@H]4C(O)C[C@@]32C)[C@H](OC(C)=O)[C@@H](OC(C)=O)[C@H]1OC(C)=O. The second kappa shape index (κ2) is 13.7. The number of fused-ring (bicyclic) bond motifs is 5. The van der Waals surface area contributed by atoms with Crippen LogP contribution in [-0.2, 0) is 57.2 Å². The molecule has 14 nitrogen and oxygen atoms in total. The van der Waals surface area contributed by atoms with Crippen molar-refractivity contribution in [3.05, 3.63) is 23.8 Å². The summed E-state index contributed by atoms with van der Waals surface area (Å²) in [6.07, 6.45) is -0.816. The van der Waals surface area contributed by atoms with Crippen LogP contribution in [0.25, 0.3) is 0 Å². The maximum Gasteiger partial charge on any atom is 0.303 e. The lowest BCUT2D eigenvalue weighted by molar-refractivity contribution is -0.307. The summed E-state index contributed by atoms with van der Waals surface area (Å²) in [7, 11) is 0. The van der Waals surface area contributed by atoms with Crippen LogP contribution in [0.5, 0.6) is 0 Å². The molecule has 270 valence electrons. The van der Waals surface area contributed by atoms with Gasteiger partial charge in [-0.1, -0.05) is 25.5 Å². The third kappa shape index (κ3) is 6.72. The molecule has 49 heavy (non-hydrogen) atoms. The first-order valence-electron chi connectivity index (χ1n) is 16.7. The Kier molecular flexibility index (Phi) is 10.3. The number of hydrogen-bond acceptors (Lipinski definition) is 14. The maximum atomic E-state index is 14.1. The summed E-state index contributed by atoms with van der Waals surface area (Å²) in [5, 5.41) is 23.9. The Morgan fingerprint density at radius 1 is 0.918 bits per heavy atom. The molecule has 0 aromatic rings. The van der Waals surface area contributed by atoms with Crippen LogP contribution in [0, 0.1) is 28.6 Å². The first-order valence-corrected chi connectivity index (χ1v) is 16.7. The normalized spacial score (nSPS) is 40.9. The number of ketones is 2. The van der Waals surface area contributed by atoms with E-state index in [1.807, 2.05) is 19.9 Å². The van der Waals surface area contributed by atoms with E-state index in [0.29, 0.717) is 19.3 Å². The Hall–Kier alpha value is -3.46. The lowest BCUT2D eigenvalue weighted by Gasteiger charge is -2.59. The topological polar surface area (TPSA) is 198 Å². The average molecular weight is 691 g/mol. The molecule has 0 aromatic carbocycles. The van der Waals surface area contributed by atoms with Gasteiger partial charge in [0.25, 0.3) is 0 Å². The first-order chi connectivity index (χ1) is 22.9.